The molecule has 2 aromatic rings. The molecule has 0 spiro atoms. The smallest absolute Gasteiger partial charge is 0.312 e. The number of carbonyl (C=O) groups is 1. The van der Waals surface area contributed by atoms with Crippen LogP contribution in [0.5, 0.6) is 0 Å². The number of carbonyl (C=O) groups excluding carboxylic acids is 1. The van der Waals surface area contributed by atoms with Crippen molar-refractivity contribution in [1.29, 1.82) is 0 Å². The zero-order valence-electron chi connectivity index (χ0n) is 17.3. The van der Waals surface area contributed by atoms with Crippen molar-refractivity contribution in [2.24, 2.45) is 5.90 Å². The van der Waals surface area contributed by atoms with E-state index in [0.717, 1.165) is 17.8 Å². The summed E-state index contributed by atoms with van der Waals surface area (Å²) in [7, 11) is -4.02. The molecule has 0 aliphatic heterocycles. The third-order valence-corrected chi connectivity index (χ3v) is 5.74. The van der Waals surface area contributed by atoms with Crippen LogP contribution in [0.15, 0.2) is 94.8 Å². The van der Waals surface area contributed by atoms with Gasteiger partial charge in [-0.3, -0.25) is 4.79 Å². The molecule has 0 bridgehead atoms. The molecule has 1 aliphatic carbocycles. The first-order valence-electron chi connectivity index (χ1n) is 9.67. The van der Waals surface area contributed by atoms with Crippen LogP contribution >= 0.6 is 0 Å². The number of hydrogen-bond acceptors (Lipinski definition) is 8. The predicted molar refractivity (Wildman–Crippen MR) is 124 cm³/mol. The molecule has 0 unspecified atom stereocenters. The van der Waals surface area contributed by atoms with Gasteiger partial charge in [-0.1, -0.05) is 36.9 Å². The number of Topliss-reactive ketones (excluding diaryl/α,β-unsaturated/α-hetero) is 1. The number of nitrogens with two attached hydrogens (primary N) is 1. The zero-order valence-corrected chi connectivity index (χ0v) is 18.1. The molecule has 9 heteroatoms. The third kappa shape index (κ3) is 4.97. The molecule has 0 aromatic heterocycles. The Bertz CT molecular complexity index is 1240. The van der Waals surface area contributed by atoms with Crippen molar-refractivity contribution in [3.05, 3.63) is 95.4 Å². The van der Waals surface area contributed by atoms with E-state index >= 15 is 0 Å². The van der Waals surface area contributed by atoms with Crippen LogP contribution in [0.3, 0.4) is 0 Å². The first-order chi connectivity index (χ1) is 15.3. The fraction of sp³-hybridized carbons (Fsp3) is 0.0870. The van der Waals surface area contributed by atoms with Crippen LogP contribution in [-0.2, 0) is 19.2 Å². The van der Waals surface area contributed by atoms with E-state index in [2.05, 4.69) is 21.5 Å². The number of rotatable bonds is 9. The zero-order chi connectivity index (χ0) is 23.3. The molecule has 0 atom stereocenters. The fourth-order valence-corrected chi connectivity index (χ4v) is 3.58. The maximum atomic E-state index is 12.4. The van der Waals surface area contributed by atoms with Gasteiger partial charge < -0.3 is 15.7 Å². The van der Waals surface area contributed by atoms with Crippen LogP contribution in [0.25, 0.3) is 6.08 Å². The lowest BCUT2D eigenvalue weighted by atomic mass is 9.91. The van der Waals surface area contributed by atoms with Crippen molar-refractivity contribution >= 4 is 33.4 Å². The van der Waals surface area contributed by atoms with E-state index in [0.29, 0.717) is 11.3 Å². The summed E-state index contributed by atoms with van der Waals surface area (Å²) >= 11 is 0. The molecule has 32 heavy (non-hydrogen) atoms. The number of allylic oxidation sites excluding steroid dienone is 5. The van der Waals surface area contributed by atoms with Crippen molar-refractivity contribution in [2.75, 3.05) is 17.2 Å². The minimum absolute atomic E-state index is 0.0104. The second-order valence-corrected chi connectivity index (χ2v) is 8.41. The Morgan fingerprint density at radius 2 is 1.88 bits per heavy atom. The van der Waals surface area contributed by atoms with Crippen LogP contribution in [0.4, 0.5) is 11.4 Å². The number of hydrogen-bond donors (Lipinski definition) is 4. The number of ketones is 1. The average Bonchev–Trinajstić information content (AvgIpc) is 2.80. The summed E-state index contributed by atoms with van der Waals surface area (Å²) < 4.78 is 27.1. The lowest BCUT2D eigenvalue weighted by molar-refractivity contribution is -0.113. The number of benzene rings is 2. The van der Waals surface area contributed by atoms with Gasteiger partial charge in [-0.25, -0.2) is 0 Å². The monoisotopic (exact) mass is 453 g/mol. The summed E-state index contributed by atoms with van der Waals surface area (Å²) in [6.45, 7) is 6.72. The van der Waals surface area contributed by atoms with E-state index in [4.69, 9.17) is 5.90 Å². The molecule has 0 heterocycles. The highest BCUT2D eigenvalue weighted by Crippen LogP contribution is 2.31. The van der Waals surface area contributed by atoms with E-state index in [1.165, 1.54) is 30.3 Å². The van der Waals surface area contributed by atoms with E-state index in [9.17, 15) is 18.3 Å². The van der Waals surface area contributed by atoms with Crippen LogP contribution in [-0.4, -0.2) is 25.9 Å². The summed E-state index contributed by atoms with van der Waals surface area (Å²) in [5.41, 5.74) is 3.06. The van der Waals surface area contributed by atoms with Gasteiger partial charge in [-0.05, 0) is 54.5 Å². The van der Waals surface area contributed by atoms with E-state index in [-0.39, 0.29) is 27.7 Å². The third-order valence-electron chi connectivity index (χ3n) is 4.64. The molecule has 3 rings (SSSR count). The summed E-state index contributed by atoms with van der Waals surface area (Å²) in [4.78, 5) is 12.3. The quantitative estimate of drug-likeness (QED) is 0.257. The molecule has 0 saturated carbocycles. The maximum Gasteiger partial charge on any atom is 0.312 e. The molecule has 0 amide bonds. The van der Waals surface area contributed by atoms with Crippen LogP contribution in [0.1, 0.15) is 12.5 Å². The Morgan fingerprint density at radius 1 is 1.19 bits per heavy atom. The summed E-state index contributed by atoms with van der Waals surface area (Å²) in [6.07, 6.45) is 5.14. The van der Waals surface area contributed by atoms with Gasteiger partial charge in [0.15, 0.2) is 5.76 Å². The SMILES string of the molecule is C=C(C=Cc1ccccc1NCC)C=C1C(=O)C(Nc2ccc(S(=O)(=O)ON)cc2)=C1O. The summed E-state index contributed by atoms with van der Waals surface area (Å²) in [5, 5.41) is 16.3. The van der Waals surface area contributed by atoms with Crippen LogP contribution in [0, 0.1) is 0 Å². The van der Waals surface area contributed by atoms with Gasteiger partial charge in [0.2, 0.25) is 5.78 Å². The largest absolute Gasteiger partial charge is 0.505 e. The molecule has 5 N–H and O–H groups in total. The Kier molecular flexibility index (Phi) is 6.94. The van der Waals surface area contributed by atoms with Gasteiger partial charge in [-0.15, -0.1) is 0 Å². The molecule has 0 radical (unpaired) electrons. The molecule has 1 aliphatic rings. The highest BCUT2D eigenvalue weighted by atomic mass is 32.2. The Labute approximate surface area is 186 Å². The van der Waals surface area contributed by atoms with Crippen molar-refractivity contribution in [3.63, 3.8) is 0 Å². The number of aliphatic hydroxyl groups is 1. The standard InChI is InChI=1S/C23H23N3O5S/c1-3-25-20-7-5-4-6-16(20)9-8-15(2)14-19-22(27)21(23(19)28)26-17-10-12-18(13-11-17)32(29,30)31-24/h4-14,25-27H,2-3,24H2,1H3. The summed E-state index contributed by atoms with van der Waals surface area (Å²) in [5.74, 6) is 4.17. The molecule has 2 aromatic carbocycles. The molecular formula is C23H23N3O5S. The number of nitrogens with one attached hydrogen (secondary N) is 2. The maximum absolute atomic E-state index is 12.4. The fourth-order valence-electron chi connectivity index (χ4n) is 3.00. The van der Waals surface area contributed by atoms with Gasteiger partial charge >= 0.3 is 10.1 Å². The van der Waals surface area contributed by atoms with Crippen molar-refractivity contribution < 1.29 is 22.6 Å². The molecule has 166 valence electrons. The van der Waals surface area contributed by atoms with Gasteiger partial charge in [0.05, 0.1) is 10.5 Å². The van der Waals surface area contributed by atoms with Crippen molar-refractivity contribution in [2.45, 2.75) is 11.8 Å². The Hall–Kier alpha value is -3.66. The Morgan fingerprint density at radius 3 is 2.50 bits per heavy atom. The Balaban J connectivity index is 1.71. The van der Waals surface area contributed by atoms with Crippen molar-refractivity contribution in [3.8, 4) is 0 Å². The van der Waals surface area contributed by atoms with Crippen molar-refractivity contribution in [1.82, 2.24) is 0 Å². The lowest BCUT2D eigenvalue weighted by Crippen LogP contribution is -2.27. The highest BCUT2D eigenvalue weighted by Gasteiger charge is 2.34. The van der Waals surface area contributed by atoms with E-state index in [1.54, 1.807) is 6.08 Å². The van der Waals surface area contributed by atoms with Gasteiger partial charge in [0.1, 0.15) is 5.70 Å². The minimum atomic E-state index is -4.02. The van der Waals surface area contributed by atoms with Gasteiger partial charge in [0, 0.05) is 17.9 Å². The second-order valence-electron chi connectivity index (χ2n) is 6.84. The molecule has 0 saturated heterocycles. The minimum Gasteiger partial charge on any atom is -0.505 e. The molecular weight excluding hydrogens is 430 g/mol. The van der Waals surface area contributed by atoms with Crippen LogP contribution < -0.4 is 16.5 Å². The lowest BCUT2D eigenvalue weighted by Gasteiger charge is -2.22. The first-order valence-corrected chi connectivity index (χ1v) is 11.1. The number of aliphatic hydroxyl groups excluding tert-OH is 1. The van der Waals surface area contributed by atoms with Crippen LogP contribution in [0.2, 0.25) is 0 Å². The van der Waals surface area contributed by atoms with E-state index < -0.39 is 10.1 Å². The topological polar surface area (TPSA) is 131 Å². The van der Waals surface area contributed by atoms with Gasteiger partial charge in [0.25, 0.3) is 0 Å². The highest BCUT2D eigenvalue weighted by molar-refractivity contribution is 7.86. The average molecular weight is 454 g/mol. The first kappa shape index (κ1) is 23.0. The normalized spacial score (nSPS) is 15.2. The number of para-hydroxylation sites is 1. The summed E-state index contributed by atoms with van der Waals surface area (Å²) in [6, 6.07) is 13.2. The molecule has 8 nitrogen and oxygen atoms in total. The molecule has 0 fully saturated rings. The number of anilines is 2. The van der Waals surface area contributed by atoms with Gasteiger partial charge in [-0.2, -0.15) is 18.6 Å². The second kappa shape index (κ2) is 9.65. The van der Waals surface area contributed by atoms with E-state index in [1.807, 2.05) is 37.3 Å². The predicted octanol–water partition coefficient (Wildman–Crippen LogP) is 3.66.